The summed E-state index contributed by atoms with van der Waals surface area (Å²) in [5.41, 5.74) is -0.852. The van der Waals surface area contributed by atoms with Gasteiger partial charge in [0.2, 0.25) is 11.8 Å². The van der Waals surface area contributed by atoms with Gasteiger partial charge in [-0.3, -0.25) is 14.4 Å². The lowest BCUT2D eigenvalue weighted by molar-refractivity contribution is -0.154. The van der Waals surface area contributed by atoms with E-state index in [-0.39, 0.29) is 18.2 Å². The standard InChI is InChI=1S/C14H22N2O4/c1-11(17)15-6-8-16(9-7-15)12(18)10-14(13(19)20)4-2-3-5-14/h2-10H2,1H3,(H,19,20). The average molecular weight is 282 g/mol. The van der Waals surface area contributed by atoms with Gasteiger partial charge in [-0.1, -0.05) is 12.8 Å². The Morgan fingerprint density at radius 3 is 1.95 bits per heavy atom. The van der Waals surface area contributed by atoms with Crippen LogP contribution in [-0.4, -0.2) is 58.9 Å². The molecule has 0 aromatic heterocycles. The van der Waals surface area contributed by atoms with Gasteiger partial charge in [-0.2, -0.15) is 0 Å². The maximum atomic E-state index is 12.3. The predicted molar refractivity (Wildman–Crippen MR) is 72.0 cm³/mol. The molecule has 0 aromatic rings. The van der Waals surface area contributed by atoms with Crippen molar-refractivity contribution in [1.29, 1.82) is 0 Å². The van der Waals surface area contributed by atoms with Crippen molar-refractivity contribution in [3.8, 4) is 0 Å². The average Bonchev–Trinajstić information content (AvgIpc) is 2.88. The summed E-state index contributed by atoms with van der Waals surface area (Å²) in [5.74, 6) is -0.905. The highest BCUT2D eigenvalue weighted by molar-refractivity contribution is 5.85. The van der Waals surface area contributed by atoms with E-state index in [1.807, 2.05) is 0 Å². The van der Waals surface area contributed by atoms with E-state index < -0.39 is 11.4 Å². The number of aliphatic carboxylic acids is 1. The molecule has 0 spiro atoms. The Hall–Kier alpha value is -1.59. The van der Waals surface area contributed by atoms with Gasteiger partial charge in [0, 0.05) is 39.5 Å². The van der Waals surface area contributed by atoms with Gasteiger partial charge in [0.05, 0.1) is 5.41 Å². The first-order valence-corrected chi connectivity index (χ1v) is 7.21. The van der Waals surface area contributed by atoms with Crippen LogP contribution >= 0.6 is 0 Å². The third-order valence-corrected chi connectivity index (χ3v) is 4.58. The zero-order valence-electron chi connectivity index (χ0n) is 11.9. The van der Waals surface area contributed by atoms with E-state index in [0.29, 0.717) is 39.0 Å². The number of carboxylic acids is 1. The minimum atomic E-state index is -0.852. The lowest BCUT2D eigenvalue weighted by Gasteiger charge is -2.36. The van der Waals surface area contributed by atoms with Crippen LogP contribution in [0.15, 0.2) is 0 Å². The van der Waals surface area contributed by atoms with Gasteiger partial charge in [-0.05, 0) is 12.8 Å². The monoisotopic (exact) mass is 282 g/mol. The molecule has 0 unspecified atom stereocenters. The Bertz CT molecular complexity index is 407. The van der Waals surface area contributed by atoms with Crippen molar-refractivity contribution in [1.82, 2.24) is 9.80 Å². The van der Waals surface area contributed by atoms with Crippen LogP contribution < -0.4 is 0 Å². The maximum absolute atomic E-state index is 12.3. The molecule has 20 heavy (non-hydrogen) atoms. The van der Waals surface area contributed by atoms with Gasteiger partial charge in [-0.25, -0.2) is 0 Å². The van der Waals surface area contributed by atoms with E-state index in [2.05, 4.69) is 0 Å². The molecule has 1 aliphatic heterocycles. The fourth-order valence-corrected chi connectivity index (χ4v) is 3.19. The Morgan fingerprint density at radius 1 is 1.00 bits per heavy atom. The van der Waals surface area contributed by atoms with Crippen LogP contribution in [0.3, 0.4) is 0 Å². The summed E-state index contributed by atoms with van der Waals surface area (Å²) < 4.78 is 0. The summed E-state index contributed by atoms with van der Waals surface area (Å²) in [6.07, 6.45) is 3.07. The van der Waals surface area contributed by atoms with Crippen molar-refractivity contribution in [2.24, 2.45) is 5.41 Å². The van der Waals surface area contributed by atoms with Crippen molar-refractivity contribution in [2.45, 2.75) is 39.0 Å². The zero-order valence-corrected chi connectivity index (χ0v) is 11.9. The van der Waals surface area contributed by atoms with E-state index in [1.54, 1.807) is 9.80 Å². The number of carboxylic acid groups (broad SMARTS) is 1. The summed E-state index contributed by atoms with van der Waals surface area (Å²) in [4.78, 5) is 38.4. The van der Waals surface area contributed by atoms with Crippen LogP contribution in [0.1, 0.15) is 39.0 Å². The molecule has 0 radical (unpaired) electrons. The van der Waals surface area contributed by atoms with Crippen LogP contribution in [-0.2, 0) is 14.4 Å². The molecule has 1 N–H and O–H groups in total. The summed E-state index contributed by atoms with van der Waals surface area (Å²) in [5, 5.41) is 9.40. The minimum Gasteiger partial charge on any atom is -0.481 e. The summed E-state index contributed by atoms with van der Waals surface area (Å²) in [7, 11) is 0. The van der Waals surface area contributed by atoms with Crippen molar-refractivity contribution >= 4 is 17.8 Å². The van der Waals surface area contributed by atoms with Crippen molar-refractivity contribution in [3.63, 3.8) is 0 Å². The maximum Gasteiger partial charge on any atom is 0.310 e. The van der Waals surface area contributed by atoms with Gasteiger partial charge in [-0.15, -0.1) is 0 Å². The molecule has 6 nitrogen and oxygen atoms in total. The Morgan fingerprint density at radius 2 is 1.50 bits per heavy atom. The third-order valence-electron chi connectivity index (χ3n) is 4.58. The number of carbonyl (C=O) groups excluding carboxylic acids is 2. The molecule has 1 saturated carbocycles. The number of nitrogens with zero attached hydrogens (tertiary/aromatic N) is 2. The topological polar surface area (TPSA) is 77.9 Å². The number of hydrogen-bond donors (Lipinski definition) is 1. The number of rotatable bonds is 3. The molecule has 1 saturated heterocycles. The van der Waals surface area contributed by atoms with Crippen LogP contribution in [0.2, 0.25) is 0 Å². The molecule has 2 aliphatic rings. The second-order valence-corrected chi connectivity index (χ2v) is 5.86. The number of piperazine rings is 1. The molecule has 6 heteroatoms. The van der Waals surface area contributed by atoms with Crippen LogP contribution in [0.25, 0.3) is 0 Å². The Balaban J connectivity index is 1.92. The van der Waals surface area contributed by atoms with Crippen molar-refractivity contribution in [2.75, 3.05) is 26.2 Å². The first-order chi connectivity index (χ1) is 9.44. The molecule has 2 amide bonds. The summed E-state index contributed by atoms with van der Waals surface area (Å²) in [6, 6.07) is 0. The van der Waals surface area contributed by atoms with Gasteiger partial charge >= 0.3 is 5.97 Å². The molecule has 0 atom stereocenters. The molecule has 2 fully saturated rings. The molecule has 2 rings (SSSR count). The smallest absolute Gasteiger partial charge is 0.310 e. The van der Waals surface area contributed by atoms with Gasteiger partial charge in [0.25, 0.3) is 0 Å². The van der Waals surface area contributed by atoms with Crippen LogP contribution in [0.4, 0.5) is 0 Å². The Kier molecular flexibility index (Phi) is 4.30. The van der Waals surface area contributed by atoms with Crippen LogP contribution in [0.5, 0.6) is 0 Å². The molecule has 1 heterocycles. The highest BCUT2D eigenvalue weighted by Crippen LogP contribution is 2.41. The first-order valence-electron chi connectivity index (χ1n) is 7.21. The van der Waals surface area contributed by atoms with Crippen LogP contribution in [0, 0.1) is 5.41 Å². The van der Waals surface area contributed by atoms with Gasteiger partial charge in [0.15, 0.2) is 0 Å². The molecule has 1 aliphatic carbocycles. The highest BCUT2D eigenvalue weighted by atomic mass is 16.4. The molecular weight excluding hydrogens is 260 g/mol. The lowest BCUT2D eigenvalue weighted by atomic mass is 9.82. The summed E-state index contributed by atoms with van der Waals surface area (Å²) in [6.45, 7) is 3.62. The normalized spacial score (nSPS) is 21.9. The van der Waals surface area contributed by atoms with E-state index in [9.17, 15) is 19.5 Å². The third kappa shape index (κ3) is 2.94. The van der Waals surface area contributed by atoms with Gasteiger partial charge in [0.1, 0.15) is 0 Å². The fourth-order valence-electron chi connectivity index (χ4n) is 3.19. The second-order valence-electron chi connectivity index (χ2n) is 5.86. The predicted octanol–water partition coefficient (Wildman–Crippen LogP) is 0.712. The number of amides is 2. The fraction of sp³-hybridized carbons (Fsp3) is 0.786. The van der Waals surface area contributed by atoms with Gasteiger partial charge < -0.3 is 14.9 Å². The quantitative estimate of drug-likeness (QED) is 0.827. The van der Waals surface area contributed by atoms with E-state index in [1.165, 1.54) is 6.92 Å². The van der Waals surface area contributed by atoms with Crippen molar-refractivity contribution < 1.29 is 19.5 Å². The largest absolute Gasteiger partial charge is 0.481 e. The molecule has 112 valence electrons. The number of carbonyl (C=O) groups is 3. The van der Waals surface area contributed by atoms with Crippen molar-refractivity contribution in [3.05, 3.63) is 0 Å². The zero-order chi connectivity index (χ0) is 14.8. The molecule has 0 aromatic carbocycles. The molecular formula is C14H22N2O4. The SMILES string of the molecule is CC(=O)N1CCN(C(=O)CC2(C(=O)O)CCCC2)CC1. The van der Waals surface area contributed by atoms with E-state index in [0.717, 1.165) is 12.8 Å². The second kappa shape index (κ2) is 5.81. The molecule has 0 bridgehead atoms. The Labute approximate surface area is 118 Å². The first kappa shape index (κ1) is 14.8. The summed E-state index contributed by atoms with van der Waals surface area (Å²) >= 11 is 0. The lowest BCUT2D eigenvalue weighted by Crippen LogP contribution is -2.51. The van der Waals surface area contributed by atoms with E-state index in [4.69, 9.17) is 0 Å². The number of hydrogen-bond acceptors (Lipinski definition) is 3. The highest BCUT2D eigenvalue weighted by Gasteiger charge is 2.44. The van der Waals surface area contributed by atoms with E-state index >= 15 is 0 Å². The minimum absolute atomic E-state index is 0.0231.